The van der Waals surface area contributed by atoms with Crippen LogP contribution in [0.25, 0.3) is 5.69 Å². The maximum Gasteiger partial charge on any atom is 0.153 e. The van der Waals surface area contributed by atoms with E-state index in [0.717, 1.165) is 24.8 Å². The summed E-state index contributed by atoms with van der Waals surface area (Å²) in [6.45, 7) is 0.711. The van der Waals surface area contributed by atoms with Gasteiger partial charge in [-0.1, -0.05) is 23.2 Å². The average molecular weight is 311 g/mol. The van der Waals surface area contributed by atoms with Gasteiger partial charge in [0.25, 0.3) is 0 Å². The topological polar surface area (TPSA) is 44.1 Å². The van der Waals surface area contributed by atoms with E-state index in [1.54, 1.807) is 29.1 Å². The van der Waals surface area contributed by atoms with Crippen LogP contribution in [0, 0.1) is 0 Å². The molecule has 0 aliphatic carbocycles. The van der Waals surface area contributed by atoms with Crippen molar-refractivity contribution >= 4 is 29.5 Å². The van der Waals surface area contributed by atoms with Gasteiger partial charge in [-0.2, -0.15) is 5.10 Å². The van der Waals surface area contributed by atoms with Gasteiger partial charge in [0.2, 0.25) is 0 Å². The second-order valence-electron chi connectivity index (χ2n) is 4.63. The minimum absolute atomic E-state index is 0.0979. The predicted octanol–water partition coefficient (Wildman–Crippen LogP) is 3.84. The van der Waals surface area contributed by atoms with Crippen molar-refractivity contribution in [1.82, 2.24) is 9.78 Å². The van der Waals surface area contributed by atoms with Crippen LogP contribution < -0.4 is 0 Å². The maximum atomic E-state index is 11.2. The first-order valence-corrected chi connectivity index (χ1v) is 7.06. The first-order chi connectivity index (χ1) is 9.69. The van der Waals surface area contributed by atoms with Gasteiger partial charge >= 0.3 is 0 Å². The molecule has 0 bridgehead atoms. The standard InChI is InChI=1S/C14H12Cl2N2O2/c15-11-4-3-10(6-12(11)16)18-7-9(8-19)14(17-18)13-2-1-5-20-13/h3-4,6-8,13H,1-2,5H2. The van der Waals surface area contributed by atoms with E-state index in [2.05, 4.69) is 5.10 Å². The number of aldehydes is 1. The summed E-state index contributed by atoms with van der Waals surface area (Å²) in [6.07, 6.45) is 4.27. The van der Waals surface area contributed by atoms with E-state index in [1.165, 1.54) is 0 Å². The molecule has 1 aliphatic heterocycles. The SMILES string of the molecule is O=Cc1cn(-c2ccc(Cl)c(Cl)c2)nc1C1CCCO1. The zero-order valence-corrected chi connectivity index (χ0v) is 12.1. The number of halogens is 2. The number of hydrogen-bond donors (Lipinski definition) is 0. The summed E-state index contributed by atoms with van der Waals surface area (Å²) in [5.74, 6) is 0. The lowest BCUT2D eigenvalue weighted by Crippen LogP contribution is -2.01. The molecule has 1 aromatic carbocycles. The lowest BCUT2D eigenvalue weighted by atomic mass is 10.1. The zero-order chi connectivity index (χ0) is 14.1. The molecular weight excluding hydrogens is 299 g/mol. The average Bonchev–Trinajstić information content (AvgIpc) is 3.09. The van der Waals surface area contributed by atoms with Crippen molar-refractivity contribution in [2.45, 2.75) is 18.9 Å². The fourth-order valence-corrected chi connectivity index (χ4v) is 2.59. The molecule has 0 radical (unpaired) electrons. The first kappa shape index (κ1) is 13.6. The number of carbonyl (C=O) groups is 1. The van der Waals surface area contributed by atoms with Gasteiger partial charge in [-0.3, -0.25) is 4.79 Å². The molecule has 0 spiro atoms. The first-order valence-electron chi connectivity index (χ1n) is 6.31. The van der Waals surface area contributed by atoms with Crippen LogP contribution in [0.5, 0.6) is 0 Å². The van der Waals surface area contributed by atoms with Crippen LogP contribution in [0.1, 0.15) is 35.0 Å². The van der Waals surface area contributed by atoms with Crippen LogP contribution >= 0.6 is 23.2 Å². The Hall–Kier alpha value is -1.36. The van der Waals surface area contributed by atoms with Gasteiger partial charge in [0.05, 0.1) is 21.3 Å². The molecule has 2 aromatic rings. The van der Waals surface area contributed by atoms with E-state index in [4.69, 9.17) is 27.9 Å². The molecule has 1 aromatic heterocycles. The molecular formula is C14H12Cl2N2O2. The van der Waals surface area contributed by atoms with Crippen molar-refractivity contribution in [1.29, 1.82) is 0 Å². The highest BCUT2D eigenvalue weighted by Crippen LogP contribution is 2.30. The van der Waals surface area contributed by atoms with Crippen molar-refractivity contribution in [2.75, 3.05) is 6.61 Å². The largest absolute Gasteiger partial charge is 0.372 e. The second kappa shape index (κ2) is 5.56. The summed E-state index contributed by atoms with van der Waals surface area (Å²) in [4.78, 5) is 11.2. The highest BCUT2D eigenvalue weighted by molar-refractivity contribution is 6.42. The fourth-order valence-electron chi connectivity index (χ4n) is 2.29. The molecule has 1 fully saturated rings. The van der Waals surface area contributed by atoms with E-state index >= 15 is 0 Å². The maximum absolute atomic E-state index is 11.2. The summed E-state index contributed by atoms with van der Waals surface area (Å²) in [7, 11) is 0. The predicted molar refractivity (Wildman–Crippen MR) is 76.9 cm³/mol. The number of rotatable bonds is 3. The third-order valence-electron chi connectivity index (χ3n) is 3.30. The van der Waals surface area contributed by atoms with Crippen molar-refractivity contribution in [3.8, 4) is 5.69 Å². The molecule has 6 heteroatoms. The Morgan fingerprint density at radius 2 is 2.20 bits per heavy atom. The Labute approximate surface area is 126 Å². The minimum atomic E-state index is -0.0979. The highest BCUT2D eigenvalue weighted by Gasteiger charge is 2.24. The van der Waals surface area contributed by atoms with Gasteiger partial charge in [-0.15, -0.1) is 0 Å². The normalized spacial score (nSPS) is 18.4. The molecule has 2 heterocycles. The van der Waals surface area contributed by atoms with Gasteiger partial charge in [-0.25, -0.2) is 4.68 Å². The van der Waals surface area contributed by atoms with Crippen LogP contribution in [0.2, 0.25) is 10.0 Å². The Morgan fingerprint density at radius 3 is 2.85 bits per heavy atom. The minimum Gasteiger partial charge on any atom is -0.372 e. The Kier molecular flexibility index (Phi) is 3.78. The third kappa shape index (κ3) is 2.46. The van der Waals surface area contributed by atoms with E-state index in [1.807, 2.05) is 0 Å². The number of benzene rings is 1. The molecule has 0 N–H and O–H groups in total. The number of aromatic nitrogens is 2. The van der Waals surface area contributed by atoms with Gasteiger partial charge in [0, 0.05) is 12.8 Å². The van der Waals surface area contributed by atoms with E-state index in [-0.39, 0.29) is 6.10 Å². The lowest BCUT2D eigenvalue weighted by Gasteiger charge is -2.06. The van der Waals surface area contributed by atoms with Gasteiger partial charge < -0.3 is 4.74 Å². The summed E-state index contributed by atoms with van der Waals surface area (Å²) >= 11 is 11.9. The van der Waals surface area contributed by atoms with Gasteiger partial charge in [0.1, 0.15) is 11.8 Å². The molecule has 0 saturated carbocycles. The van der Waals surface area contributed by atoms with Crippen LogP contribution in [-0.4, -0.2) is 22.7 Å². The molecule has 104 valence electrons. The van der Waals surface area contributed by atoms with Crippen LogP contribution in [0.15, 0.2) is 24.4 Å². The monoisotopic (exact) mass is 310 g/mol. The molecule has 4 nitrogen and oxygen atoms in total. The smallest absolute Gasteiger partial charge is 0.153 e. The highest BCUT2D eigenvalue weighted by atomic mass is 35.5. The van der Waals surface area contributed by atoms with Crippen molar-refractivity contribution in [3.63, 3.8) is 0 Å². The van der Waals surface area contributed by atoms with Crippen LogP contribution in [0.3, 0.4) is 0 Å². The molecule has 1 unspecified atom stereocenters. The fraction of sp³-hybridized carbons (Fsp3) is 0.286. The number of ether oxygens (including phenoxy) is 1. The summed E-state index contributed by atoms with van der Waals surface area (Å²) in [5, 5.41) is 5.40. The van der Waals surface area contributed by atoms with E-state index < -0.39 is 0 Å². The lowest BCUT2D eigenvalue weighted by molar-refractivity contribution is 0.104. The summed E-state index contributed by atoms with van der Waals surface area (Å²) in [5.41, 5.74) is 1.98. The van der Waals surface area contributed by atoms with E-state index in [0.29, 0.717) is 27.9 Å². The summed E-state index contributed by atoms with van der Waals surface area (Å²) < 4.78 is 7.22. The van der Waals surface area contributed by atoms with Crippen LogP contribution in [-0.2, 0) is 4.74 Å². The van der Waals surface area contributed by atoms with E-state index in [9.17, 15) is 4.79 Å². The molecule has 1 saturated heterocycles. The third-order valence-corrected chi connectivity index (χ3v) is 4.04. The summed E-state index contributed by atoms with van der Waals surface area (Å²) in [6, 6.07) is 5.22. The molecule has 20 heavy (non-hydrogen) atoms. The molecule has 3 rings (SSSR count). The van der Waals surface area contributed by atoms with Crippen molar-refractivity contribution < 1.29 is 9.53 Å². The second-order valence-corrected chi connectivity index (χ2v) is 5.45. The Bertz CT molecular complexity index is 649. The Balaban J connectivity index is 2.01. The Morgan fingerprint density at radius 1 is 1.35 bits per heavy atom. The van der Waals surface area contributed by atoms with Gasteiger partial charge in [-0.05, 0) is 31.0 Å². The number of hydrogen-bond acceptors (Lipinski definition) is 3. The number of carbonyl (C=O) groups excluding carboxylic acids is 1. The molecule has 0 amide bonds. The van der Waals surface area contributed by atoms with Crippen molar-refractivity contribution in [3.05, 3.63) is 45.7 Å². The molecule has 1 atom stereocenters. The van der Waals surface area contributed by atoms with Gasteiger partial charge in [0.15, 0.2) is 6.29 Å². The quantitative estimate of drug-likeness (QED) is 0.809. The number of nitrogens with zero attached hydrogens (tertiary/aromatic N) is 2. The zero-order valence-electron chi connectivity index (χ0n) is 10.6. The molecule has 1 aliphatic rings. The van der Waals surface area contributed by atoms with Crippen LogP contribution in [0.4, 0.5) is 0 Å². The van der Waals surface area contributed by atoms with Crippen molar-refractivity contribution in [2.24, 2.45) is 0 Å².